The molecule has 3 nitrogen and oxygen atoms in total. The van der Waals surface area contributed by atoms with Crippen LogP contribution in [0.2, 0.25) is 0 Å². The van der Waals surface area contributed by atoms with Crippen molar-refractivity contribution in [2.24, 2.45) is 0 Å². The molecule has 134 valence electrons. The van der Waals surface area contributed by atoms with E-state index >= 15 is 0 Å². The number of rotatable bonds is 7. The Morgan fingerprint density at radius 2 is 1.38 bits per heavy atom. The minimum absolute atomic E-state index is 0.0684. The van der Waals surface area contributed by atoms with Crippen molar-refractivity contribution in [2.45, 2.75) is 24.2 Å². The minimum atomic E-state index is -3.52. The maximum Gasteiger partial charge on any atom is 0.240 e. The van der Waals surface area contributed by atoms with Gasteiger partial charge in [0.25, 0.3) is 0 Å². The Balaban J connectivity index is 1.78. The van der Waals surface area contributed by atoms with Gasteiger partial charge in [-0.2, -0.15) is 0 Å². The van der Waals surface area contributed by atoms with Crippen LogP contribution in [0.1, 0.15) is 22.6 Å². The number of sulfonamides is 1. The van der Waals surface area contributed by atoms with Crippen LogP contribution in [0.25, 0.3) is 0 Å². The molecule has 0 aliphatic rings. The molecule has 1 atom stereocenters. The number of hydrogen-bond acceptors (Lipinski definition) is 2. The molecule has 0 unspecified atom stereocenters. The first-order chi connectivity index (χ1) is 12.5. The predicted molar refractivity (Wildman–Crippen MR) is 106 cm³/mol. The molecule has 0 fully saturated rings. The Kier molecular flexibility index (Phi) is 5.86. The minimum Gasteiger partial charge on any atom is -0.211 e. The molecule has 0 heterocycles. The Bertz CT molecular complexity index is 921. The molecule has 0 saturated carbocycles. The number of hydrogen-bond donors (Lipinski definition) is 1. The molecule has 0 amide bonds. The van der Waals surface area contributed by atoms with Crippen molar-refractivity contribution < 1.29 is 8.42 Å². The zero-order chi connectivity index (χ0) is 18.4. The third-order valence-corrected chi connectivity index (χ3v) is 5.89. The standard InChI is InChI=1S/C22H23NO2S/c1-18-12-14-22(15-13-18)26(24,25)23-17-21(20-10-6-3-7-11-20)16-19-8-4-2-5-9-19/h2-15,21,23H,16-17H2,1H3/t21-/m0/s1. The lowest BCUT2D eigenvalue weighted by Gasteiger charge is -2.18. The SMILES string of the molecule is Cc1ccc(S(=O)(=O)NC[C@H](Cc2ccccc2)c2ccccc2)cc1. The second-order valence-electron chi connectivity index (χ2n) is 6.46. The summed E-state index contributed by atoms with van der Waals surface area (Å²) in [5, 5.41) is 0. The van der Waals surface area contributed by atoms with Gasteiger partial charge in [0.2, 0.25) is 10.0 Å². The van der Waals surface area contributed by atoms with Crippen molar-refractivity contribution in [3.8, 4) is 0 Å². The molecule has 0 aliphatic heterocycles. The molecule has 4 heteroatoms. The van der Waals surface area contributed by atoms with E-state index in [9.17, 15) is 8.42 Å². The Hall–Kier alpha value is -2.43. The van der Waals surface area contributed by atoms with Gasteiger partial charge in [0.15, 0.2) is 0 Å². The first kappa shape index (κ1) is 18.4. The van der Waals surface area contributed by atoms with Crippen LogP contribution >= 0.6 is 0 Å². The zero-order valence-corrected chi connectivity index (χ0v) is 15.6. The normalized spacial score (nSPS) is 12.7. The van der Waals surface area contributed by atoms with Crippen LogP contribution in [0.3, 0.4) is 0 Å². The second kappa shape index (κ2) is 8.30. The van der Waals surface area contributed by atoms with Crippen LogP contribution in [0.4, 0.5) is 0 Å². The van der Waals surface area contributed by atoms with Crippen molar-refractivity contribution in [3.05, 3.63) is 102 Å². The monoisotopic (exact) mass is 365 g/mol. The van der Waals surface area contributed by atoms with Crippen LogP contribution in [-0.4, -0.2) is 15.0 Å². The van der Waals surface area contributed by atoms with E-state index in [1.165, 1.54) is 5.56 Å². The fraction of sp³-hybridized carbons (Fsp3) is 0.182. The van der Waals surface area contributed by atoms with Gasteiger partial charge in [0, 0.05) is 12.5 Å². The van der Waals surface area contributed by atoms with Crippen molar-refractivity contribution in [1.82, 2.24) is 4.72 Å². The number of aryl methyl sites for hydroxylation is 1. The van der Waals surface area contributed by atoms with Gasteiger partial charge in [-0.1, -0.05) is 78.4 Å². The lowest BCUT2D eigenvalue weighted by molar-refractivity contribution is 0.568. The van der Waals surface area contributed by atoms with Crippen LogP contribution in [-0.2, 0) is 16.4 Å². The smallest absolute Gasteiger partial charge is 0.211 e. The maximum absolute atomic E-state index is 12.6. The average Bonchev–Trinajstić information content (AvgIpc) is 2.67. The van der Waals surface area contributed by atoms with E-state index in [2.05, 4.69) is 16.9 Å². The van der Waals surface area contributed by atoms with Crippen LogP contribution < -0.4 is 4.72 Å². The molecule has 0 bridgehead atoms. The van der Waals surface area contributed by atoms with Gasteiger partial charge >= 0.3 is 0 Å². The highest BCUT2D eigenvalue weighted by Crippen LogP contribution is 2.21. The molecule has 0 spiro atoms. The van der Waals surface area contributed by atoms with E-state index in [0.29, 0.717) is 11.4 Å². The Labute approximate surface area is 155 Å². The van der Waals surface area contributed by atoms with Crippen molar-refractivity contribution in [2.75, 3.05) is 6.54 Å². The molecule has 26 heavy (non-hydrogen) atoms. The quantitative estimate of drug-likeness (QED) is 0.678. The summed E-state index contributed by atoms with van der Waals surface area (Å²) in [6.45, 7) is 2.30. The van der Waals surface area contributed by atoms with Gasteiger partial charge < -0.3 is 0 Å². The second-order valence-corrected chi connectivity index (χ2v) is 8.23. The molecular weight excluding hydrogens is 342 g/mol. The largest absolute Gasteiger partial charge is 0.240 e. The highest BCUT2D eigenvalue weighted by molar-refractivity contribution is 7.89. The van der Waals surface area contributed by atoms with Gasteiger partial charge in [-0.25, -0.2) is 13.1 Å². The summed E-state index contributed by atoms with van der Waals surface area (Å²) in [5.74, 6) is 0.0684. The molecule has 0 saturated heterocycles. The first-order valence-electron chi connectivity index (χ1n) is 8.70. The van der Waals surface area contributed by atoms with Gasteiger partial charge in [-0.15, -0.1) is 0 Å². The summed E-state index contributed by atoms with van der Waals surface area (Å²) in [4.78, 5) is 0.301. The third-order valence-electron chi connectivity index (χ3n) is 4.45. The van der Waals surface area contributed by atoms with E-state index < -0.39 is 10.0 Å². The maximum atomic E-state index is 12.6. The van der Waals surface area contributed by atoms with Gasteiger partial charge in [-0.05, 0) is 36.6 Å². The van der Waals surface area contributed by atoms with Crippen molar-refractivity contribution in [3.63, 3.8) is 0 Å². The van der Waals surface area contributed by atoms with E-state index in [1.807, 2.05) is 67.6 Å². The average molecular weight is 365 g/mol. The molecular formula is C22H23NO2S. The summed E-state index contributed by atoms with van der Waals surface area (Å²) in [7, 11) is -3.52. The molecule has 3 rings (SSSR count). The lowest BCUT2D eigenvalue weighted by Crippen LogP contribution is -2.29. The van der Waals surface area contributed by atoms with Crippen molar-refractivity contribution >= 4 is 10.0 Å². The van der Waals surface area contributed by atoms with Gasteiger partial charge in [0.05, 0.1) is 4.90 Å². The summed E-state index contributed by atoms with van der Waals surface area (Å²) in [5.41, 5.74) is 3.36. The van der Waals surface area contributed by atoms with Gasteiger partial charge in [-0.3, -0.25) is 0 Å². The Morgan fingerprint density at radius 1 is 0.808 bits per heavy atom. The molecule has 3 aromatic rings. The van der Waals surface area contributed by atoms with E-state index in [1.54, 1.807) is 12.1 Å². The highest BCUT2D eigenvalue weighted by Gasteiger charge is 2.18. The molecule has 0 radical (unpaired) electrons. The summed E-state index contributed by atoms with van der Waals surface area (Å²) in [6, 6.07) is 27.1. The van der Waals surface area contributed by atoms with Crippen LogP contribution in [0.15, 0.2) is 89.8 Å². The first-order valence-corrected chi connectivity index (χ1v) is 10.2. The molecule has 0 aliphatic carbocycles. The summed E-state index contributed by atoms with van der Waals surface area (Å²) in [6.07, 6.45) is 0.779. The van der Waals surface area contributed by atoms with E-state index in [-0.39, 0.29) is 5.92 Å². The predicted octanol–water partition coefficient (Wildman–Crippen LogP) is 4.30. The van der Waals surface area contributed by atoms with Crippen LogP contribution in [0, 0.1) is 6.92 Å². The summed E-state index contributed by atoms with van der Waals surface area (Å²) >= 11 is 0. The molecule has 1 N–H and O–H groups in total. The fourth-order valence-electron chi connectivity index (χ4n) is 2.94. The van der Waals surface area contributed by atoms with E-state index in [0.717, 1.165) is 17.5 Å². The van der Waals surface area contributed by atoms with Crippen molar-refractivity contribution in [1.29, 1.82) is 0 Å². The summed E-state index contributed by atoms with van der Waals surface area (Å²) < 4.78 is 28.0. The zero-order valence-electron chi connectivity index (χ0n) is 14.8. The molecule has 0 aromatic heterocycles. The third kappa shape index (κ3) is 4.81. The number of benzene rings is 3. The highest BCUT2D eigenvalue weighted by atomic mass is 32.2. The van der Waals surface area contributed by atoms with Crippen LogP contribution in [0.5, 0.6) is 0 Å². The van der Waals surface area contributed by atoms with E-state index in [4.69, 9.17) is 0 Å². The lowest BCUT2D eigenvalue weighted by atomic mass is 9.92. The fourth-order valence-corrected chi connectivity index (χ4v) is 4.02. The number of nitrogens with one attached hydrogen (secondary N) is 1. The topological polar surface area (TPSA) is 46.2 Å². The van der Waals surface area contributed by atoms with Gasteiger partial charge in [0.1, 0.15) is 0 Å². The Morgan fingerprint density at radius 3 is 2.00 bits per heavy atom. The molecule has 3 aromatic carbocycles.